The number of carboxylic acid groups (broad SMARTS) is 1. The van der Waals surface area contributed by atoms with Crippen molar-refractivity contribution in [2.75, 3.05) is 7.05 Å². The number of aryl methyl sites for hydroxylation is 1. The van der Waals surface area contributed by atoms with E-state index in [2.05, 4.69) is 0 Å². The van der Waals surface area contributed by atoms with E-state index >= 15 is 0 Å². The molecule has 1 aromatic heterocycles. The fourth-order valence-corrected chi connectivity index (χ4v) is 1.74. The molecular formula is C12H17N3O5. The smallest absolute Gasteiger partial charge is 0.330 e. The highest BCUT2D eigenvalue weighted by Crippen LogP contribution is 2.00. The summed E-state index contributed by atoms with van der Waals surface area (Å²) in [4.78, 5) is 46.8. The number of aliphatic carboxylic acids is 1. The third-order valence-corrected chi connectivity index (χ3v) is 2.90. The first-order valence-corrected chi connectivity index (χ1v) is 5.95. The zero-order chi connectivity index (χ0) is 15.4. The van der Waals surface area contributed by atoms with E-state index in [1.807, 2.05) is 0 Å². The van der Waals surface area contributed by atoms with Crippen molar-refractivity contribution in [3.63, 3.8) is 0 Å². The Labute approximate surface area is 114 Å². The maximum Gasteiger partial charge on any atom is 0.330 e. The Hall–Kier alpha value is -2.38. The number of aromatic nitrogens is 2. The summed E-state index contributed by atoms with van der Waals surface area (Å²) in [7, 11) is 4.35. The molecule has 0 atom stereocenters. The van der Waals surface area contributed by atoms with Gasteiger partial charge in [-0.15, -0.1) is 0 Å². The second-order valence-electron chi connectivity index (χ2n) is 4.56. The van der Waals surface area contributed by atoms with Gasteiger partial charge in [0.25, 0.3) is 5.56 Å². The third-order valence-electron chi connectivity index (χ3n) is 2.90. The van der Waals surface area contributed by atoms with E-state index in [0.29, 0.717) is 5.56 Å². The molecule has 1 rings (SSSR count). The van der Waals surface area contributed by atoms with Gasteiger partial charge in [-0.3, -0.25) is 19.0 Å². The molecule has 0 saturated carbocycles. The Bertz CT molecular complexity index is 643. The van der Waals surface area contributed by atoms with Gasteiger partial charge in [-0.25, -0.2) is 4.79 Å². The van der Waals surface area contributed by atoms with Gasteiger partial charge in [0.2, 0.25) is 5.91 Å². The molecule has 0 saturated heterocycles. The normalized spacial score (nSPS) is 10.3. The molecule has 0 spiro atoms. The van der Waals surface area contributed by atoms with Crippen molar-refractivity contribution >= 4 is 11.9 Å². The van der Waals surface area contributed by atoms with E-state index in [1.165, 1.54) is 36.8 Å². The number of hydrogen-bond acceptors (Lipinski definition) is 4. The summed E-state index contributed by atoms with van der Waals surface area (Å²) >= 11 is 0. The summed E-state index contributed by atoms with van der Waals surface area (Å²) in [5, 5.41) is 8.52. The number of carbonyl (C=O) groups excluding carboxylic acids is 1. The summed E-state index contributed by atoms with van der Waals surface area (Å²) in [6.07, 6.45) is 0.998. The second kappa shape index (κ2) is 6.18. The first kappa shape index (κ1) is 15.7. The van der Waals surface area contributed by atoms with Crippen LogP contribution in [-0.4, -0.2) is 38.1 Å². The molecule has 0 unspecified atom stereocenters. The molecule has 20 heavy (non-hydrogen) atoms. The molecule has 0 bridgehead atoms. The number of carboxylic acids is 1. The number of rotatable bonds is 5. The first-order chi connectivity index (χ1) is 9.23. The van der Waals surface area contributed by atoms with Crippen molar-refractivity contribution in [2.24, 2.45) is 14.1 Å². The molecule has 8 nitrogen and oxygen atoms in total. The largest absolute Gasteiger partial charge is 0.481 e. The number of amides is 1. The van der Waals surface area contributed by atoms with Crippen molar-refractivity contribution in [2.45, 2.75) is 19.4 Å². The van der Waals surface area contributed by atoms with Gasteiger partial charge < -0.3 is 14.6 Å². The Morgan fingerprint density at radius 3 is 2.40 bits per heavy atom. The van der Waals surface area contributed by atoms with Crippen molar-refractivity contribution in [3.05, 3.63) is 32.6 Å². The lowest BCUT2D eigenvalue weighted by Gasteiger charge is -2.17. The van der Waals surface area contributed by atoms with Crippen molar-refractivity contribution in [3.8, 4) is 0 Å². The molecule has 1 heterocycles. The Morgan fingerprint density at radius 2 is 1.85 bits per heavy atom. The molecule has 0 aliphatic carbocycles. The zero-order valence-corrected chi connectivity index (χ0v) is 11.6. The van der Waals surface area contributed by atoms with Gasteiger partial charge in [0.05, 0.1) is 18.5 Å². The van der Waals surface area contributed by atoms with Crippen LogP contribution in [0.3, 0.4) is 0 Å². The topological polar surface area (TPSA) is 102 Å². The molecule has 0 fully saturated rings. The lowest BCUT2D eigenvalue weighted by Crippen LogP contribution is -2.40. The van der Waals surface area contributed by atoms with Gasteiger partial charge in [0.1, 0.15) is 0 Å². The van der Waals surface area contributed by atoms with Gasteiger partial charge in [-0.05, 0) is 0 Å². The summed E-state index contributed by atoms with van der Waals surface area (Å²) in [6.45, 7) is 0.0270. The molecule has 110 valence electrons. The molecule has 1 aromatic rings. The van der Waals surface area contributed by atoms with Crippen LogP contribution in [0.5, 0.6) is 0 Å². The average molecular weight is 283 g/mol. The molecule has 0 aliphatic rings. The highest BCUT2D eigenvalue weighted by Gasteiger charge is 2.14. The van der Waals surface area contributed by atoms with Gasteiger partial charge in [0, 0.05) is 33.8 Å². The predicted octanol–water partition coefficient (Wildman–Crippen LogP) is -1.09. The standard InChI is InChI=1S/C12H17N3O5/c1-13(9(16)4-5-10(17)18)6-8-7-14(2)12(20)15(3)11(8)19/h7H,4-6H2,1-3H3,(H,17,18). The second-order valence-corrected chi connectivity index (χ2v) is 4.56. The fourth-order valence-electron chi connectivity index (χ4n) is 1.74. The van der Waals surface area contributed by atoms with Gasteiger partial charge in [-0.2, -0.15) is 0 Å². The molecule has 1 N–H and O–H groups in total. The Balaban J connectivity index is 2.89. The summed E-state index contributed by atoms with van der Waals surface area (Å²) in [5.41, 5.74) is -0.620. The minimum Gasteiger partial charge on any atom is -0.481 e. The zero-order valence-electron chi connectivity index (χ0n) is 11.6. The van der Waals surface area contributed by atoms with Crippen LogP contribution in [0.1, 0.15) is 18.4 Å². The molecule has 0 aromatic carbocycles. The van der Waals surface area contributed by atoms with Crippen LogP contribution in [0.15, 0.2) is 15.8 Å². The van der Waals surface area contributed by atoms with Gasteiger partial charge in [0.15, 0.2) is 0 Å². The van der Waals surface area contributed by atoms with E-state index in [1.54, 1.807) is 0 Å². The SMILES string of the molecule is CN(Cc1cn(C)c(=O)n(C)c1=O)C(=O)CCC(=O)O. The quantitative estimate of drug-likeness (QED) is 0.739. The Morgan fingerprint density at radius 1 is 1.25 bits per heavy atom. The van der Waals surface area contributed by atoms with E-state index in [9.17, 15) is 19.2 Å². The van der Waals surface area contributed by atoms with Crippen LogP contribution < -0.4 is 11.2 Å². The van der Waals surface area contributed by atoms with E-state index in [0.717, 1.165) is 4.57 Å². The summed E-state index contributed by atoms with van der Waals surface area (Å²) in [5.74, 6) is -1.42. The van der Waals surface area contributed by atoms with Crippen LogP contribution in [0, 0.1) is 0 Å². The van der Waals surface area contributed by atoms with E-state index in [4.69, 9.17) is 5.11 Å². The molecule has 0 radical (unpaired) electrons. The van der Waals surface area contributed by atoms with E-state index < -0.39 is 17.2 Å². The van der Waals surface area contributed by atoms with Crippen molar-refractivity contribution < 1.29 is 14.7 Å². The summed E-state index contributed by atoms with van der Waals surface area (Å²) in [6, 6.07) is 0. The van der Waals surface area contributed by atoms with Gasteiger partial charge >= 0.3 is 11.7 Å². The molecule has 1 amide bonds. The van der Waals surface area contributed by atoms with Crippen LogP contribution in [0.2, 0.25) is 0 Å². The highest BCUT2D eigenvalue weighted by molar-refractivity contribution is 5.80. The average Bonchev–Trinajstić information content (AvgIpc) is 2.39. The number of nitrogens with zero attached hydrogens (tertiary/aromatic N) is 3. The molecule has 8 heteroatoms. The lowest BCUT2D eigenvalue weighted by molar-refractivity contribution is -0.140. The third kappa shape index (κ3) is 3.56. The highest BCUT2D eigenvalue weighted by atomic mass is 16.4. The molecule has 0 aliphatic heterocycles. The Kier molecular flexibility index (Phi) is 4.84. The van der Waals surface area contributed by atoms with Gasteiger partial charge in [-0.1, -0.05) is 0 Å². The monoisotopic (exact) mass is 283 g/mol. The number of hydrogen-bond donors (Lipinski definition) is 1. The lowest BCUT2D eigenvalue weighted by atomic mass is 10.2. The maximum atomic E-state index is 11.9. The van der Waals surface area contributed by atoms with Crippen LogP contribution in [0.4, 0.5) is 0 Å². The van der Waals surface area contributed by atoms with Crippen molar-refractivity contribution in [1.29, 1.82) is 0 Å². The molecular weight excluding hydrogens is 266 g/mol. The first-order valence-electron chi connectivity index (χ1n) is 5.95. The van der Waals surface area contributed by atoms with Crippen molar-refractivity contribution in [1.82, 2.24) is 14.0 Å². The van der Waals surface area contributed by atoms with Crippen LogP contribution in [0.25, 0.3) is 0 Å². The van der Waals surface area contributed by atoms with Crippen LogP contribution in [-0.2, 0) is 30.2 Å². The predicted molar refractivity (Wildman–Crippen MR) is 70.3 cm³/mol. The number of carbonyl (C=O) groups is 2. The minimum absolute atomic E-state index is 0.0270. The van der Waals surface area contributed by atoms with Crippen LogP contribution >= 0.6 is 0 Å². The maximum absolute atomic E-state index is 11.9. The fraction of sp³-hybridized carbons (Fsp3) is 0.500. The van der Waals surface area contributed by atoms with E-state index in [-0.39, 0.29) is 25.3 Å². The summed E-state index contributed by atoms with van der Waals surface area (Å²) < 4.78 is 2.22. The minimum atomic E-state index is -1.05.